The molecular formula is C20H15N3O4. The number of hydrogen-bond donors (Lipinski definition) is 1. The van der Waals surface area contributed by atoms with E-state index in [9.17, 15) is 9.59 Å². The van der Waals surface area contributed by atoms with E-state index in [-0.39, 0.29) is 11.6 Å². The maximum absolute atomic E-state index is 12.9. The number of nitrogens with zero attached hydrogens (tertiary/aromatic N) is 2. The number of oxazole rings is 1. The number of benzene rings is 2. The van der Waals surface area contributed by atoms with Crippen molar-refractivity contribution in [3.63, 3.8) is 0 Å². The first-order valence-corrected chi connectivity index (χ1v) is 8.53. The average Bonchev–Trinajstić information content (AvgIpc) is 3.17. The number of pyridine rings is 1. The Kier molecular flexibility index (Phi) is 3.15. The molecule has 2 aromatic heterocycles. The highest BCUT2D eigenvalue weighted by molar-refractivity contribution is 6.06. The Labute approximate surface area is 153 Å². The van der Waals surface area contributed by atoms with E-state index in [2.05, 4.69) is 4.98 Å². The zero-order chi connectivity index (χ0) is 18.7. The van der Waals surface area contributed by atoms with Crippen molar-refractivity contribution in [2.24, 2.45) is 5.73 Å². The van der Waals surface area contributed by atoms with Crippen molar-refractivity contribution in [3.05, 3.63) is 58.7 Å². The molecule has 1 aliphatic rings. The smallest absolute Gasteiger partial charge is 0.281 e. The van der Waals surface area contributed by atoms with Crippen LogP contribution in [0.25, 0.3) is 33.1 Å². The van der Waals surface area contributed by atoms with Gasteiger partial charge in [0.1, 0.15) is 6.61 Å². The topological polar surface area (TPSA) is 100 Å². The first-order chi connectivity index (χ1) is 13.1. The Bertz CT molecular complexity index is 1280. The fourth-order valence-electron chi connectivity index (χ4n) is 3.69. The van der Waals surface area contributed by atoms with Gasteiger partial charge in [-0.2, -0.15) is 0 Å². The molecule has 134 valence electrons. The van der Waals surface area contributed by atoms with Gasteiger partial charge in [-0.15, -0.1) is 0 Å². The Hall–Kier alpha value is -3.61. The minimum atomic E-state index is -0.479. The van der Waals surface area contributed by atoms with Gasteiger partial charge in [-0.3, -0.25) is 14.2 Å². The molecule has 27 heavy (non-hydrogen) atoms. The van der Waals surface area contributed by atoms with Crippen molar-refractivity contribution in [2.75, 3.05) is 6.61 Å². The SMILES string of the molecule is C[C@H]1COc2c(-c3ccc(C(N)=O)cc3)ccc3c4ocnc4c(=O)n1c23. The molecule has 4 aromatic rings. The Balaban J connectivity index is 1.85. The molecule has 3 heterocycles. The van der Waals surface area contributed by atoms with Crippen LogP contribution in [-0.4, -0.2) is 22.1 Å². The lowest BCUT2D eigenvalue weighted by Crippen LogP contribution is -2.31. The lowest BCUT2D eigenvalue weighted by molar-refractivity contribution is 0.100. The van der Waals surface area contributed by atoms with Crippen molar-refractivity contribution in [1.82, 2.24) is 9.55 Å². The molecule has 0 radical (unpaired) electrons. The van der Waals surface area contributed by atoms with E-state index in [1.165, 1.54) is 6.39 Å². The quantitative estimate of drug-likeness (QED) is 0.592. The number of fused-ring (bicyclic) bond motifs is 2. The van der Waals surface area contributed by atoms with E-state index in [1.807, 2.05) is 31.2 Å². The van der Waals surface area contributed by atoms with Gasteiger partial charge in [-0.05, 0) is 36.8 Å². The van der Waals surface area contributed by atoms with Crippen LogP contribution >= 0.6 is 0 Å². The summed E-state index contributed by atoms with van der Waals surface area (Å²) >= 11 is 0. The maximum atomic E-state index is 12.9. The molecule has 2 N–H and O–H groups in total. The van der Waals surface area contributed by atoms with Crippen LogP contribution in [0.5, 0.6) is 5.75 Å². The minimum absolute atomic E-state index is 0.124. The molecule has 5 rings (SSSR count). The van der Waals surface area contributed by atoms with Crippen LogP contribution in [0, 0.1) is 0 Å². The predicted octanol–water partition coefficient (Wildman–Crippen LogP) is 2.86. The zero-order valence-corrected chi connectivity index (χ0v) is 14.4. The highest BCUT2D eigenvalue weighted by atomic mass is 16.5. The molecule has 1 aliphatic heterocycles. The van der Waals surface area contributed by atoms with Crippen LogP contribution in [0.1, 0.15) is 23.3 Å². The molecule has 0 saturated heterocycles. The Morgan fingerprint density at radius 2 is 2.00 bits per heavy atom. The maximum Gasteiger partial charge on any atom is 0.281 e. The minimum Gasteiger partial charge on any atom is -0.489 e. The number of carbonyl (C=O) groups excluding carboxylic acids is 1. The molecule has 0 saturated carbocycles. The second-order valence-corrected chi connectivity index (χ2v) is 6.65. The number of rotatable bonds is 2. The van der Waals surface area contributed by atoms with Gasteiger partial charge in [0.25, 0.3) is 5.56 Å². The Morgan fingerprint density at radius 3 is 2.74 bits per heavy atom. The molecule has 7 heteroatoms. The first-order valence-electron chi connectivity index (χ1n) is 8.53. The fraction of sp³-hybridized carbons (Fsp3) is 0.150. The number of aromatic nitrogens is 2. The van der Waals surface area contributed by atoms with Gasteiger partial charge in [0.05, 0.1) is 11.6 Å². The van der Waals surface area contributed by atoms with Crippen molar-refractivity contribution in [3.8, 4) is 16.9 Å². The zero-order valence-electron chi connectivity index (χ0n) is 14.4. The normalized spacial score (nSPS) is 15.8. The van der Waals surface area contributed by atoms with Gasteiger partial charge < -0.3 is 14.9 Å². The summed E-state index contributed by atoms with van der Waals surface area (Å²) in [6.07, 6.45) is 1.29. The van der Waals surface area contributed by atoms with E-state index in [1.54, 1.807) is 16.7 Å². The molecular weight excluding hydrogens is 346 g/mol. The third-order valence-electron chi connectivity index (χ3n) is 5.00. The van der Waals surface area contributed by atoms with Gasteiger partial charge in [0.2, 0.25) is 5.91 Å². The number of ether oxygens (including phenoxy) is 1. The summed E-state index contributed by atoms with van der Waals surface area (Å²) in [7, 11) is 0. The van der Waals surface area contributed by atoms with Crippen LogP contribution in [0.4, 0.5) is 0 Å². The van der Waals surface area contributed by atoms with Crippen molar-refractivity contribution >= 4 is 27.9 Å². The molecule has 0 unspecified atom stereocenters. The standard InChI is InChI=1S/C20H15N3O4/c1-10-8-26-18-13(11-2-4-12(5-3-11)19(21)24)6-7-14-16(18)23(10)20(25)15-17(14)27-9-22-15/h2-7,9-10H,8H2,1H3,(H2,21,24)/t10-/m0/s1. The number of primary amides is 1. The third kappa shape index (κ3) is 2.11. The highest BCUT2D eigenvalue weighted by Crippen LogP contribution is 2.41. The van der Waals surface area contributed by atoms with Gasteiger partial charge >= 0.3 is 0 Å². The molecule has 0 spiro atoms. The lowest BCUT2D eigenvalue weighted by atomic mass is 9.99. The van der Waals surface area contributed by atoms with Gasteiger partial charge in [-0.1, -0.05) is 12.1 Å². The van der Waals surface area contributed by atoms with E-state index >= 15 is 0 Å². The summed E-state index contributed by atoms with van der Waals surface area (Å²) in [5, 5.41) is 0.779. The van der Waals surface area contributed by atoms with Crippen molar-refractivity contribution in [2.45, 2.75) is 13.0 Å². The van der Waals surface area contributed by atoms with E-state index < -0.39 is 5.91 Å². The summed E-state index contributed by atoms with van der Waals surface area (Å²) in [5.74, 6) is 0.140. The molecule has 0 aliphatic carbocycles. The lowest BCUT2D eigenvalue weighted by Gasteiger charge is -2.27. The molecule has 0 fully saturated rings. The summed E-state index contributed by atoms with van der Waals surface area (Å²) in [5.41, 5.74) is 8.73. The second-order valence-electron chi connectivity index (χ2n) is 6.65. The van der Waals surface area contributed by atoms with Crippen LogP contribution < -0.4 is 16.0 Å². The first kappa shape index (κ1) is 15.6. The van der Waals surface area contributed by atoms with E-state index in [4.69, 9.17) is 14.9 Å². The highest BCUT2D eigenvalue weighted by Gasteiger charge is 2.27. The van der Waals surface area contributed by atoms with Crippen molar-refractivity contribution in [1.29, 1.82) is 0 Å². The average molecular weight is 361 g/mol. The van der Waals surface area contributed by atoms with Crippen molar-refractivity contribution < 1.29 is 13.9 Å². The Morgan fingerprint density at radius 1 is 1.22 bits per heavy atom. The molecule has 0 bridgehead atoms. The molecule has 7 nitrogen and oxygen atoms in total. The van der Waals surface area contributed by atoms with Crippen LogP contribution in [0.15, 0.2) is 52.0 Å². The molecule has 2 aromatic carbocycles. The summed E-state index contributed by atoms with van der Waals surface area (Å²) < 4.78 is 13.2. The van der Waals surface area contributed by atoms with Gasteiger partial charge in [0, 0.05) is 16.5 Å². The summed E-state index contributed by atoms with van der Waals surface area (Å²) in [6, 6.07) is 10.7. The van der Waals surface area contributed by atoms with Crippen LogP contribution in [0.2, 0.25) is 0 Å². The van der Waals surface area contributed by atoms with Gasteiger partial charge in [-0.25, -0.2) is 4.98 Å². The number of amides is 1. The summed E-state index contributed by atoms with van der Waals surface area (Å²) in [6.45, 7) is 2.31. The van der Waals surface area contributed by atoms with E-state index in [0.717, 1.165) is 16.5 Å². The monoisotopic (exact) mass is 361 g/mol. The number of nitrogens with two attached hydrogens (primary N) is 1. The predicted molar refractivity (Wildman–Crippen MR) is 99.9 cm³/mol. The number of carbonyl (C=O) groups is 1. The largest absolute Gasteiger partial charge is 0.489 e. The molecule has 1 amide bonds. The number of hydrogen-bond acceptors (Lipinski definition) is 5. The van der Waals surface area contributed by atoms with E-state index in [0.29, 0.717) is 34.5 Å². The second kappa shape index (κ2) is 5.44. The third-order valence-corrected chi connectivity index (χ3v) is 5.00. The summed E-state index contributed by atoms with van der Waals surface area (Å²) in [4.78, 5) is 28.3. The fourth-order valence-corrected chi connectivity index (χ4v) is 3.69. The van der Waals surface area contributed by atoms with Gasteiger partial charge in [0.15, 0.2) is 23.2 Å². The molecule has 1 atom stereocenters. The van der Waals surface area contributed by atoms with Crippen LogP contribution in [0.3, 0.4) is 0 Å². The van der Waals surface area contributed by atoms with Crippen LogP contribution in [-0.2, 0) is 0 Å².